The van der Waals surface area contributed by atoms with E-state index in [9.17, 15) is 19.7 Å². The highest BCUT2D eigenvalue weighted by Crippen LogP contribution is 2.32. The highest BCUT2D eigenvalue weighted by molar-refractivity contribution is 5.95. The number of amides is 1. The van der Waals surface area contributed by atoms with Gasteiger partial charge in [0.25, 0.3) is 5.69 Å². The van der Waals surface area contributed by atoms with Gasteiger partial charge in [-0.15, -0.1) is 0 Å². The maximum absolute atomic E-state index is 11.9. The zero-order valence-corrected chi connectivity index (χ0v) is 14.9. The van der Waals surface area contributed by atoms with Crippen LogP contribution in [-0.4, -0.2) is 41.5 Å². The van der Waals surface area contributed by atoms with E-state index in [0.29, 0.717) is 30.8 Å². The van der Waals surface area contributed by atoms with E-state index in [1.807, 2.05) is 4.90 Å². The van der Waals surface area contributed by atoms with Crippen molar-refractivity contribution >= 4 is 23.3 Å². The minimum Gasteiger partial charge on any atom is -0.444 e. The van der Waals surface area contributed by atoms with Crippen molar-refractivity contribution in [1.29, 1.82) is 0 Å². The van der Waals surface area contributed by atoms with E-state index >= 15 is 0 Å². The lowest BCUT2D eigenvalue weighted by atomic mass is 10.1. The van der Waals surface area contributed by atoms with Crippen LogP contribution in [0.1, 0.15) is 44.5 Å². The summed E-state index contributed by atoms with van der Waals surface area (Å²) in [6.45, 7) is 7.74. The highest BCUT2D eigenvalue weighted by atomic mass is 16.6. The number of nitro benzene ring substituents is 1. The van der Waals surface area contributed by atoms with E-state index in [4.69, 9.17) is 4.74 Å². The van der Waals surface area contributed by atoms with Gasteiger partial charge in [-0.05, 0) is 46.2 Å². The Hall–Kier alpha value is -2.64. The highest BCUT2D eigenvalue weighted by Gasteiger charge is 2.30. The molecule has 1 aliphatic rings. The van der Waals surface area contributed by atoms with Crippen molar-refractivity contribution in [3.8, 4) is 0 Å². The van der Waals surface area contributed by atoms with E-state index in [1.54, 1.807) is 32.9 Å². The first-order valence-electron chi connectivity index (χ1n) is 8.10. The lowest BCUT2D eigenvalue weighted by Crippen LogP contribution is -2.40. The van der Waals surface area contributed by atoms with Gasteiger partial charge in [0.2, 0.25) is 0 Å². The van der Waals surface area contributed by atoms with Gasteiger partial charge in [-0.2, -0.15) is 0 Å². The number of ketones is 1. The molecule has 1 amide bonds. The fourth-order valence-corrected chi connectivity index (χ4v) is 2.73. The number of benzene rings is 1. The van der Waals surface area contributed by atoms with Gasteiger partial charge in [0.1, 0.15) is 11.3 Å². The van der Waals surface area contributed by atoms with Gasteiger partial charge in [0.05, 0.1) is 11.0 Å². The summed E-state index contributed by atoms with van der Waals surface area (Å²) in [5, 5.41) is 14.1. The van der Waals surface area contributed by atoms with Crippen LogP contribution in [-0.2, 0) is 4.74 Å². The number of hydrogen-bond donors (Lipinski definition) is 1. The van der Waals surface area contributed by atoms with Crippen LogP contribution in [0.2, 0.25) is 0 Å². The van der Waals surface area contributed by atoms with Crippen LogP contribution in [0.5, 0.6) is 0 Å². The third kappa shape index (κ3) is 4.91. The Balaban J connectivity index is 2.10. The molecule has 1 fully saturated rings. The zero-order valence-electron chi connectivity index (χ0n) is 14.9. The zero-order chi connectivity index (χ0) is 18.8. The molecule has 1 aliphatic heterocycles. The Bertz CT molecular complexity index is 696. The number of alkyl carbamates (subject to hydrolysis) is 1. The van der Waals surface area contributed by atoms with Crippen molar-refractivity contribution in [3.05, 3.63) is 33.9 Å². The molecule has 8 heteroatoms. The van der Waals surface area contributed by atoms with Crippen LogP contribution >= 0.6 is 0 Å². The average Bonchev–Trinajstić information content (AvgIpc) is 2.92. The second-order valence-corrected chi connectivity index (χ2v) is 7.09. The van der Waals surface area contributed by atoms with Gasteiger partial charge in [-0.1, -0.05) is 0 Å². The maximum atomic E-state index is 11.9. The van der Waals surface area contributed by atoms with Crippen LogP contribution in [0.15, 0.2) is 18.2 Å². The largest absolute Gasteiger partial charge is 0.444 e. The molecule has 2 rings (SSSR count). The molecule has 136 valence electrons. The normalized spacial score (nSPS) is 17.3. The molecule has 1 unspecified atom stereocenters. The summed E-state index contributed by atoms with van der Waals surface area (Å²) in [6, 6.07) is 4.32. The summed E-state index contributed by atoms with van der Waals surface area (Å²) in [7, 11) is 0. The maximum Gasteiger partial charge on any atom is 0.407 e. The van der Waals surface area contributed by atoms with Crippen molar-refractivity contribution in [3.63, 3.8) is 0 Å². The van der Waals surface area contributed by atoms with E-state index in [-0.39, 0.29) is 17.5 Å². The van der Waals surface area contributed by atoms with Crippen LogP contribution in [0, 0.1) is 10.1 Å². The standard InChI is InChI=1S/C17H23N3O5/c1-11(21)12-5-6-14(15(9-12)20(23)24)19-8-7-13(10-19)18-16(22)25-17(2,3)4/h5-6,9,13H,7-8,10H2,1-4H3,(H,18,22). The predicted molar refractivity (Wildman–Crippen MR) is 93.1 cm³/mol. The third-order valence-corrected chi connectivity index (χ3v) is 3.83. The molecule has 1 N–H and O–H groups in total. The Labute approximate surface area is 146 Å². The second kappa shape index (κ2) is 7.08. The van der Waals surface area contributed by atoms with Gasteiger partial charge in [-0.25, -0.2) is 4.79 Å². The fraction of sp³-hybridized carbons (Fsp3) is 0.529. The summed E-state index contributed by atoms with van der Waals surface area (Å²) < 4.78 is 5.23. The van der Waals surface area contributed by atoms with Crippen molar-refractivity contribution in [1.82, 2.24) is 5.32 Å². The molecule has 0 aliphatic carbocycles. The minimum absolute atomic E-state index is 0.106. The van der Waals surface area contributed by atoms with Crippen LogP contribution in [0.3, 0.4) is 0 Å². The molecular weight excluding hydrogens is 326 g/mol. The van der Waals surface area contributed by atoms with Gasteiger partial charge < -0.3 is 15.0 Å². The Morgan fingerprint density at radius 2 is 2.04 bits per heavy atom. The lowest BCUT2D eigenvalue weighted by Gasteiger charge is -2.22. The van der Waals surface area contributed by atoms with Gasteiger partial charge >= 0.3 is 6.09 Å². The van der Waals surface area contributed by atoms with Crippen molar-refractivity contribution in [2.45, 2.75) is 45.8 Å². The topological polar surface area (TPSA) is 102 Å². The van der Waals surface area contributed by atoms with Crippen molar-refractivity contribution in [2.75, 3.05) is 18.0 Å². The first-order chi connectivity index (χ1) is 11.6. The van der Waals surface area contributed by atoms with E-state index < -0.39 is 16.6 Å². The molecule has 1 atom stereocenters. The van der Waals surface area contributed by atoms with Gasteiger partial charge in [0.15, 0.2) is 5.78 Å². The number of nitrogens with zero attached hydrogens (tertiary/aromatic N) is 2. The number of Topliss-reactive ketones (excluding diaryl/α,β-unsaturated/α-hetero) is 1. The first kappa shape index (κ1) is 18.7. The number of nitrogens with one attached hydrogen (secondary N) is 1. The Kier molecular flexibility index (Phi) is 5.30. The number of hydrogen-bond acceptors (Lipinski definition) is 6. The SMILES string of the molecule is CC(=O)c1ccc(N2CCC(NC(=O)OC(C)(C)C)C2)c([N+](=O)[O-])c1. The van der Waals surface area contributed by atoms with Crippen LogP contribution in [0.4, 0.5) is 16.2 Å². The first-order valence-corrected chi connectivity index (χ1v) is 8.10. The monoisotopic (exact) mass is 349 g/mol. The Morgan fingerprint density at radius 1 is 1.36 bits per heavy atom. The van der Waals surface area contributed by atoms with Crippen molar-refractivity contribution < 1.29 is 19.2 Å². The number of nitro groups is 1. The Morgan fingerprint density at radius 3 is 2.60 bits per heavy atom. The van der Waals surface area contributed by atoms with Crippen molar-refractivity contribution in [2.24, 2.45) is 0 Å². The molecule has 25 heavy (non-hydrogen) atoms. The summed E-state index contributed by atoms with van der Waals surface area (Å²) >= 11 is 0. The van der Waals surface area contributed by atoms with Gasteiger partial charge in [0, 0.05) is 24.7 Å². The number of rotatable bonds is 4. The molecule has 1 heterocycles. The summed E-state index contributed by atoms with van der Waals surface area (Å²) in [5.74, 6) is -0.222. The van der Waals surface area contributed by atoms with E-state index in [1.165, 1.54) is 13.0 Å². The summed E-state index contributed by atoms with van der Waals surface area (Å²) in [4.78, 5) is 36.0. The molecular formula is C17H23N3O5. The quantitative estimate of drug-likeness (QED) is 0.509. The summed E-state index contributed by atoms with van der Waals surface area (Å²) in [6.07, 6.45) is 0.158. The summed E-state index contributed by atoms with van der Waals surface area (Å²) in [5.41, 5.74) is 0.0659. The third-order valence-electron chi connectivity index (χ3n) is 3.83. The fourth-order valence-electron chi connectivity index (χ4n) is 2.73. The molecule has 0 saturated carbocycles. The van der Waals surface area contributed by atoms with Crippen LogP contribution < -0.4 is 10.2 Å². The van der Waals surface area contributed by atoms with Crippen LogP contribution in [0.25, 0.3) is 0 Å². The predicted octanol–water partition coefficient (Wildman–Crippen LogP) is 2.90. The average molecular weight is 349 g/mol. The molecule has 0 bridgehead atoms. The number of anilines is 1. The molecule has 1 saturated heterocycles. The molecule has 0 spiro atoms. The molecule has 8 nitrogen and oxygen atoms in total. The van der Waals surface area contributed by atoms with E-state index in [0.717, 1.165) is 0 Å². The molecule has 1 aromatic carbocycles. The number of carbonyl (C=O) groups excluding carboxylic acids is 2. The van der Waals surface area contributed by atoms with Gasteiger partial charge in [-0.3, -0.25) is 14.9 Å². The lowest BCUT2D eigenvalue weighted by molar-refractivity contribution is -0.384. The smallest absolute Gasteiger partial charge is 0.407 e. The number of ether oxygens (including phenoxy) is 1. The molecule has 0 radical (unpaired) electrons. The number of carbonyl (C=O) groups is 2. The van der Waals surface area contributed by atoms with E-state index in [2.05, 4.69) is 5.32 Å². The molecule has 1 aromatic rings. The molecule has 0 aromatic heterocycles. The second-order valence-electron chi connectivity index (χ2n) is 7.09. The minimum atomic E-state index is -0.580.